The van der Waals surface area contributed by atoms with Crippen LogP contribution in [0, 0.1) is 16.7 Å². The average molecular weight is 195 g/mol. The molecule has 0 amide bonds. The minimum Gasteiger partial charge on any atom is -0.316 e. The maximum atomic E-state index is 3.58. The second kappa shape index (κ2) is 3.52. The molecule has 1 nitrogen and oxygen atoms in total. The Morgan fingerprint density at radius 1 is 1.29 bits per heavy atom. The van der Waals surface area contributed by atoms with Gasteiger partial charge in [0, 0.05) is 0 Å². The van der Waals surface area contributed by atoms with Gasteiger partial charge in [-0.2, -0.15) is 0 Å². The Kier molecular flexibility index (Phi) is 2.63. The van der Waals surface area contributed by atoms with Crippen molar-refractivity contribution in [1.29, 1.82) is 0 Å². The summed E-state index contributed by atoms with van der Waals surface area (Å²) >= 11 is 0. The van der Waals surface area contributed by atoms with E-state index in [-0.39, 0.29) is 0 Å². The molecule has 2 unspecified atom stereocenters. The Labute approximate surface area is 88.7 Å². The van der Waals surface area contributed by atoms with Crippen LogP contribution in [-0.2, 0) is 0 Å². The summed E-state index contributed by atoms with van der Waals surface area (Å²) in [7, 11) is 0. The van der Waals surface area contributed by atoms with Gasteiger partial charge in [-0.25, -0.2) is 0 Å². The summed E-state index contributed by atoms with van der Waals surface area (Å²) in [4.78, 5) is 0. The third kappa shape index (κ3) is 1.98. The highest BCUT2D eigenvalue weighted by Gasteiger charge is 2.58. The van der Waals surface area contributed by atoms with E-state index < -0.39 is 0 Å². The molecule has 0 saturated heterocycles. The number of hydrogen-bond acceptors (Lipinski definition) is 1. The fourth-order valence-corrected chi connectivity index (χ4v) is 3.41. The molecule has 0 aromatic rings. The minimum absolute atomic E-state index is 0.638. The zero-order chi connectivity index (χ0) is 10.2. The lowest BCUT2D eigenvalue weighted by Gasteiger charge is -2.17. The molecular weight excluding hydrogens is 170 g/mol. The van der Waals surface area contributed by atoms with Gasteiger partial charge in [-0.05, 0) is 61.9 Å². The largest absolute Gasteiger partial charge is 0.316 e. The summed E-state index contributed by atoms with van der Waals surface area (Å²) < 4.78 is 0. The first-order chi connectivity index (χ1) is 6.58. The Balaban J connectivity index is 1.75. The molecule has 14 heavy (non-hydrogen) atoms. The fourth-order valence-electron chi connectivity index (χ4n) is 3.41. The highest BCUT2D eigenvalue weighted by Crippen LogP contribution is 2.66. The lowest BCUT2D eigenvalue weighted by Crippen LogP contribution is -2.20. The second-order valence-corrected chi connectivity index (χ2v) is 6.31. The minimum atomic E-state index is 0.638. The SMILES string of the molecule is CCCNCC1CC12CCC(C)(C)C2. The molecule has 0 radical (unpaired) electrons. The molecule has 1 N–H and O–H groups in total. The zero-order valence-corrected chi connectivity index (χ0v) is 10.0. The van der Waals surface area contributed by atoms with Crippen LogP contribution in [-0.4, -0.2) is 13.1 Å². The van der Waals surface area contributed by atoms with Crippen molar-refractivity contribution < 1.29 is 0 Å². The van der Waals surface area contributed by atoms with Crippen LogP contribution < -0.4 is 5.32 Å². The zero-order valence-electron chi connectivity index (χ0n) is 10.0. The summed E-state index contributed by atoms with van der Waals surface area (Å²) in [6.45, 7) is 9.61. The molecule has 1 spiro atoms. The van der Waals surface area contributed by atoms with Gasteiger partial charge in [0.25, 0.3) is 0 Å². The molecule has 2 saturated carbocycles. The van der Waals surface area contributed by atoms with E-state index in [0.29, 0.717) is 5.41 Å². The van der Waals surface area contributed by atoms with Crippen LogP contribution in [0.15, 0.2) is 0 Å². The summed E-state index contributed by atoms with van der Waals surface area (Å²) in [6, 6.07) is 0. The standard InChI is InChI=1S/C13H25N/c1-4-7-14-9-11-8-13(11)6-5-12(2,3)10-13/h11,14H,4-10H2,1-3H3. The van der Waals surface area contributed by atoms with E-state index >= 15 is 0 Å². The van der Waals surface area contributed by atoms with E-state index in [2.05, 4.69) is 26.1 Å². The normalized spacial score (nSPS) is 39.2. The second-order valence-electron chi connectivity index (χ2n) is 6.31. The third-order valence-corrected chi connectivity index (χ3v) is 4.31. The number of nitrogens with one attached hydrogen (secondary N) is 1. The van der Waals surface area contributed by atoms with Gasteiger partial charge in [0.2, 0.25) is 0 Å². The predicted molar refractivity (Wildman–Crippen MR) is 61.3 cm³/mol. The van der Waals surface area contributed by atoms with Crippen LogP contribution >= 0.6 is 0 Å². The van der Waals surface area contributed by atoms with E-state index in [9.17, 15) is 0 Å². The van der Waals surface area contributed by atoms with E-state index in [4.69, 9.17) is 0 Å². The molecule has 0 aromatic carbocycles. The van der Waals surface area contributed by atoms with E-state index in [1.807, 2.05) is 0 Å². The van der Waals surface area contributed by atoms with Crippen molar-refractivity contribution in [2.75, 3.05) is 13.1 Å². The molecule has 0 aromatic heterocycles. The smallest absolute Gasteiger partial charge is 0.00150 e. The van der Waals surface area contributed by atoms with Crippen molar-refractivity contribution in [3.05, 3.63) is 0 Å². The molecule has 1 heteroatoms. The molecule has 2 aliphatic carbocycles. The van der Waals surface area contributed by atoms with Gasteiger partial charge >= 0.3 is 0 Å². The molecular formula is C13H25N. The first-order valence-electron chi connectivity index (χ1n) is 6.29. The van der Waals surface area contributed by atoms with Crippen LogP contribution in [0.4, 0.5) is 0 Å². The molecule has 2 atom stereocenters. The molecule has 82 valence electrons. The lowest BCUT2D eigenvalue weighted by molar-refractivity contribution is 0.340. The molecule has 2 fully saturated rings. The topological polar surface area (TPSA) is 12.0 Å². The molecule has 2 rings (SSSR count). The number of hydrogen-bond donors (Lipinski definition) is 1. The Morgan fingerprint density at radius 2 is 2.07 bits per heavy atom. The van der Waals surface area contributed by atoms with Crippen molar-refractivity contribution >= 4 is 0 Å². The predicted octanol–water partition coefficient (Wildman–Crippen LogP) is 3.20. The lowest BCUT2D eigenvalue weighted by atomic mass is 9.89. The van der Waals surface area contributed by atoms with Crippen LogP contribution in [0.3, 0.4) is 0 Å². The van der Waals surface area contributed by atoms with Crippen LogP contribution in [0.2, 0.25) is 0 Å². The van der Waals surface area contributed by atoms with E-state index in [0.717, 1.165) is 11.3 Å². The van der Waals surface area contributed by atoms with E-state index in [1.54, 1.807) is 0 Å². The van der Waals surface area contributed by atoms with Gasteiger partial charge in [0.15, 0.2) is 0 Å². The third-order valence-electron chi connectivity index (χ3n) is 4.31. The van der Waals surface area contributed by atoms with Crippen LogP contribution in [0.25, 0.3) is 0 Å². The van der Waals surface area contributed by atoms with Crippen molar-refractivity contribution in [3.8, 4) is 0 Å². The Hall–Kier alpha value is -0.0400. The van der Waals surface area contributed by atoms with Crippen molar-refractivity contribution in [3.63, 3.8) is 0 Å². The van der Waals surface area contributed by atoms with Gasteiger partial charge in [0.1, 0.15) is 0 Å². The van der Waals surface area contributed by atoms with Gasteiger partial charge in [-0.3, -0.25) is 0 Å². The first kappa shape index (κ1) is 10.5. The Morgan fingerprint density at radius 3 is 2.64 bits per heavy atom. The summed E-state index contributed by atoms with van der Waals surface area (Å²) in [5, 5.41) is 3.58. The molecule has 0 aliphatic heterocycles. The fraction of sp³-hybridized carbons (Fsp3) is 1.00. The van der Waals surface area contributed by atoms with Gasteiger partial charge < -0.3 is 5.32 Å². The summed E-state index contributed by atoms with van der Waals surface area (Å²) in [6.07, 6.45) is 7.21. The highest BCUT2D eigenvalue weighted by molar-refractivity contribution is 5.09. The van der Waals surface area contributed by atoms with Crippen LogP contribution in [0.5, 0.6) is 0 Å². The first-order valence-corrected chi connectivity index (χ1v) is 6.29. The van der Waals surface area contributed by atoms with Crippen molar-refractivity contribution in [1.82, 2.24) is 5.32 Å². The van der Waals surface area contributed by atoms with E-state index in [1.165, 1.54) is 45.2 Å². The van der Waals surface area contributed by atoms with Crippen molar-refractivity contribution in [2.45, 2.75) is 52.9 Å². The molecule has 0 bridgehead atoms. The van der Waals surface area contributed by atoms with Gasteiger partial charge in [0.05, 0.1) is 0 Å². The van der Waals surface area contributed by atoms with Gasteiger partial charge in [-0.1, -0.05) is 20.8 Å². The monoisotopic (exact) mass is 195 g/mol. The van der Waals surface area contributed by atoms with Crippen LogP contribution in [0.1, 0.15) is 52.9 Å². The summed E-state index contributed by atoms with van der Waals surface area (Å²) in [5.41, 5.74) is 1.42. The quantitative estimate of drug-likeness (QED) is 0.679. The average Bonchev–Trinajstić information content (AvgIpc) is 2.66. The molecule has 2 aliphatic rings. The number of rotatable bonds is 4. The van der Waals surface area contributed by atoms with Crippen molar-refractivity contribution in [2.24, 2.45) is 16.7 Å². The highest BCUT2D eigenvalue weighted by atomic mass is 14.9. The van der Waals surface area contributed by atoms with Gasteiger partial charge in [-0.15, -0.1) is 0 Å². The molecule has 0 heterocycles. The summed E-state index contributed by atoms with van der Waals surface area (Å²) in [5.74, 6) is 1.01. The Bertz CT molecular complexity index is 209. The maximum absolute atomic E-state index is 3.58. The maximum Gasteiger partial charge on any atom is -0.00150 e.